The van der Waals surface area contributed by atoms with Crippen molar-refractivity contribution in [3.8, 4) is 5.97 Å². The topological polar surface area (TPSA) is 53.0 Å². The van der Waals surface area contributed by atoms with Crippen LogP contribution in [-0.2, 0) is 0 Å². The van der Waals surface area contributed by atoms with E-state index >= 15 is 0 Å². The van der Waals surface area contributed by atoms with E-state index in [9.17, 15) is 0 Å². The molecule has 1 heterocycles. The fourth-order valence-electron chi connectivity index (χ4n) is 1.48. The number of nitrogens with zero attached hydrogens (tertiary/aromatic N) is 2. The van der Waals surface area contributed by atoms with E-state index in [-0.39, 0.29) is 0 Å². The summed E-state index contributed by atoms with van der Waals surface area (Å²) in [5.74, 6) is 2.86. The number of hydrogen-bond acceptors (Lipinski definition) is 3. The van der Waals surface area contributed by atoms with Crippen molar-refractivity contribution in [1.82, 2.24) is 4.81 Å². The summed E-state index contributed by atoms with van der Waals surface area (Å²) in [5, 5.41) is 8.43. The lowest BCUT2D eigenvalue weighted by Gasteiger charge is -2.29. The summed E-state index contributed by atoms with van der Waals surface area (Å²) in [6.45, 7) is 2.91. The summed E-state index contributed by atoms with van der Waals surface area (Å²) >= 11 is 0. The Balaban J connectivity index is 2.20. The highest BCUT2D eigenvalue weighted by atomic mass is 15.0. The molecule has 0 aromatic heterocycles. The Kier molecular flexibility index (Phi) is 3.41. The molecule has 1 aliphatic rings. The van der Waals surface area contributed by atoms with E-state index in [4.69, 9.17) is 11.0 Å². The minimum atomic E-state index is 0.581. The van der Waals surface area contributed by atoms with Crippen LogP contribution in [0.3, 0.4) is 0 Å². The van der Waals surface area contributed by atoms with Crippen molar-refractivity contribution in [1.29, 1.82) is 5.26 Å². The van der Waals surface area contributed by atoms with E-state index < -0.39 is 0 Å². The fraction of sp³-hybridized carbons (Fsp3) is 0.857. The number of nitriles is 1. The van der Waals surface area contributed by atoms with Gasteiger partial charge in [-0.15, -0.1) is 0 Å². The Bertz CT molecular complexity index is 146. The van der Waals surface area contributed by atoms with Crippen molar-refractivity contribution in [2.75, 3.05) is 19.6 Å². The Hall–Kier alpha value is -0.525. The van der Waals surface area contributed by atoms with Crippen molar-refractivity contribution >= 4 is 7.41 Å². The molecule has 0 aromatic rings. The SMILES string of the molecule is N#CBN1CCC(CN)CC1. The fourth-order valence-corrected chi connectivity index (χ4v) is 1.48. The monoisotopic (exact) mass is 151 g/mol. The summed E-state index contributed by atoms with van der Waals surface area (Å²) in [7, 11) is 0.581. The largest absolute Gasteiger partial charge is 0.332 e. The first-order chi connectivity index (χ1) is 5.36. The van der Waals surface area contributed by atoms with Gasteiger partial charge in [0, 0.05) is 5.97 Å². The number of hydrogen-bond donors (Lipinski definition) is 1. The van der Waals surface area contributed by atoms with E-state index in [1.807, 2.05) is 0 Å². The van der Waals surface area contributed by atoms with Gasteiger partial charge in [0.15, 0.2) is 0 Å². The predicted octanol–water partition coefficient (Wildman–Crippen LogP) is -0.510. The van der Waals surface area contributed by atoms with Crippen molar-refractivity contribution < 1.29 is 0 Å². The molecule has 60 valence electrons. The summed E-state index contributed by atoms with van der Waals surface area (Å²) in [6, 6.07) is 0. The molecular formula is C7H14BN3. The van der Waals surface area contributed by atoms with Gasteiger partial charge >= 0.3 is 7.41 Å². The number of rotatable bonds is 2. The summed E-state index contributed by atoms with van der Waals surface area (Å²) < 4.78 is 0. The second-order valence-electron chi connectivity index (χ2n) is 3.11. The Morgan fingerprint density at radius 1 is 1.55 bits per heavy atom. The molecule has 0 radical (unpaired) electrons. The lowest BCUT2D eigenvalue weighted by atomic mass is 9.87. The maximum absolute atomic E-state index is 8.43. The first kappa shape index (κ1) is 8.57. The second kappa shape index (κ2) is 4.37. The molecule has 0 aliphatic carbocycles. The van der Waals surface area contributed by atoms with Gasteiger partial charge in [0.25, 0.3) is 0 Å². The van der Waals surface area contributed by atoms with Crippen LogP contribution in [0.15, 0.2) is 0 Å². The molecule has 0 amide bonds. The van der Waals surface area contributed by atoms with Crippen LogP contribution >= 0.6 is 0 Å². The number of nitrogens with two attached hydrogens (primary N) is 1. The van der Waals surface area contributed by atoms with E-state index in [2.05, 4.69) is 10.8 Å². The van der Waals surface area contributed by atoms with Gasteiger partial charge in [-0.1, -0.05) is 0 Å². The molecule has 0 saturated carbocycles. The van der Waals surface area contributed by atoms with Crippen LogP contribution in [0.5, 0.6) is 0 Å². The third-order valence-electron chi connectivity index (χ3n) is 2.33. The molecule has 0 atom stereocenters. The minimum Gasteiger partial charge on any atom is -0.332 e. The minimum absolute atomic E-state index is 0.581. The van der Waals surface area contributed by atoms with Crippen LogP contribution < -0.4 is 5.73 Å². The molecule has 1 rings (SSSR count). The zero-order chi connectivity index (χ0) is 8.10. The van der Waals surface area contributed by atoms with E-state index in [0.717, 1.165) is 32.5 Å². The van der Waals surface area contributed by atoms with Crippen molar-refractivity contribution in [2.45, 2.75) is 12.8 Å². The van der Waals surface area contributed by atoms with Gasteiger partial charge in [0.1, 0.15) is 0 Å². The third kappa shape index (κ3) is 2.53. The third-order valence-corrected chi connectivity index (χ3v) is 2.33. The lowest BCUT2D eigenvalue weighted by molar-refractivity contribution is 0.285. The molecule has 1 saturated heterocycles. The average Bonchev–Trinajstić information content (AvgIpc) is 2.07. The van der Waals surface area contributed by atoms with Crippen LogP contribution in [0.25, 0.3) is 0 Å². The molecule has 11 heavy (non-hydrogen) atoms. The van der Waals surface area contributed by atoms with Gasteiger partial charge in [-0.25, -0.2) is 5.26 Å². The highest BCUT2D eigenvalue weighted by molar-refractivity contribution is 6.41. The number of piperidine rings is 1. The van der Waals surface area contributed by atoms with Crippen LogP contribution in [0.2, 0.25) is 0 Å². The zero-order valence-electron chi connectivity index (χ0n) is 6.79. The maximum atomic E-state index is 8.43. The first-order valence-electron chi connectivity index (χ1n) is 4.16. The summed E-state index contributed by atoms with van der Waals surface area (Å²) in [6.07, 6.45) is 2.33. The second-order valence-corrected chi connectivity index (χ2v) is 3.11. The van der Waals surface area contributed by atoms with Gasteiger partial charge in [0.05, 0.1) is 0 Å². The Morgan fingerprint density at radius 2 is 2.18 bits per heavy atom. The lowest BCUT2D eigenvalue weighted by Crippen LogP contribution is -2.37. The summed E-state index contributed by atoms with van der Waals surface area (Å²) in [4.78, 5) is 2.19. The molecule has 1 aliphatic heterocycles. The van der Waals surface area contributed by atoms with Crippen molar-refractivity contribution in [2.24, 2.45) is 11.7 Å². The average molecular weight is 151 g/mol. The molecule has 4 heteroatoms. The van der Waals surface area contributed by atoms with Gasteiger partial charge < -0.3 is 10.5 Å². The van der Waals surface area contributed by atoms with Crippen molar-refractivity contribution in [3.05, 3.63) is 0 Å². The van der Waals surface area contributed by atoms with Crippen LogP contribution in [0, 0.1) is 17.1 Å². The highest BCUT2D eigenvalue weighted by Crippen LogP contribution is 2.14. The molecule has 1 fully saturated rings. The van der Waals surface area contributed by atoms with E-state index in [1.54, 1.807) is 0 Å². The molecule has 0 unspecified atom stereocenters. The molecule has 0 spiro atoms. The van der Waals surface area contributed by atoms with Gasteiger partial charge in [-0.2, -0.15) is 0 Å². The molecule has 3 nitrogen and oxygen atoms in total. The predicted molar refractivity (Wildman–Crippen MR) is 46.1 cm³/mol. The molecule has 0 aromatic carbocycles. The quantitative estimate of drug-likeness (QED) is 0.540. The van der Waals surface area contributed by atoms with Crippen LogP contribution in [0.1, 0.15) is 12.8 Å². The van der Waals surface area contributed by atoms with Gasteiger partial charge in [-0.05, 0) is 38.4 Å². The van der Waals surface area contributed by atoms with E-state index in [0.29, 0.717) is 13.3 Å². The Morgan fingerprint density at radius 3 is 2.64 bits per heavy atom. The Labute approximate surface area is 68.4 Å². The maximum Gasteiger partial charge on any atom is 0.330 e. The van der Waals surface area contributed by atoms with Crippen LogP contribution in [-0.4, -0.2) is 31.9 Å². The smallest absolute Gasteiger partial charge is 0.330 e. The van der Waals surface area contributed by atoms with Crippen LogP contribution in [0.4, 0.5) is 0 Å². The zero-order valence-corrected chi connectivity index (χ0v) is 6.79. The normalized spacial score (nSPS) is 21.1. The summed E-state index contributed by atoms with van der Waals surface area (Å²) in [5.41, 5.74) is 5.54. The van der Waals surface area contributed by atoms with E-state index in [1.165, 1.54) is 0 Å². The van der Waals surface area contributed by atoms with Crippen molar-refractivity contribution in [3.63, 3.8) is 0 Å². The standard InChI is InChI=1S/C7H14BN3/c9-5-7-1-3-11(4-2-7)8-6-10/h7-8H,1-5,9H2. The van der Waals surface area contributed by atoms with Gasteiger partial charge in [-0.3, -0.25) is 0 Å². The first-order valence-corrected chi connectivity index (χ1v) is 4.16. The molecule has 2 N–H and O–H groups in total. The highest BCUT2D eigenvalue weighted by Gasteiger charge is 2.17. The molecule has 0 bridgehead atoms. The van der Waals surface area contributed by atoms with Gasteiger partial charge in [0.2, 0.25) is 0 Å². The molecular weight excluding hydrogens is 137 g/mol.